The molecule has 0 saturated heterocycles. The lowest BCUT2D eigenvalue weighted by Gasteiger charge is -2.09. The van der Waals surface area contributed by atoms with E-state index in [0.29, 0.717) is 22.8 Å². The molecule has 2 rings (SSSR count). The van der Waals surface area contributed by atoms with E-state index in [0.717, 1.165) is 11.8 Å². The normalized spacial score (nSPS) is 9.89. The topological polar surface area (TPSA) is 35.5 Å². The second kappa shape index (κ2) is 5.36. The number of hydrogen-bond donors (Lipinski definition) is 0. The van der Waals surface area contributed by atoms with Gasteiger partial charge in [0.05, 0.1) is 12.7 Å². The highest BCUT2D eigenvalue weighted by molar-refractivity contribution is 5.79. The molecule has 0 aliphatic carbocycles. The van der Waals surface area contributed by atoms with Crippen molar-refractivity contribution in [1.29, 1.82) is 0 Å². The molecule has 2 aromatic rings. The largest absolute Gasteiger partial charge is 0.497 e. The number of rotatable bonds is 4. The number of aryl methyl sites for hydroxylation is 1. The zero-order valence-electron chi connectivity index (χ0n) is 10.3. The third-order valence-electron chi connectivity index (χ3n) is 2.56. The van der Waals surface area contributed by atoms with Gasteiger partial charge in [0, 0.05) is 6.07 Å². The summed E-state index contributed by atoms with van der Waals surface area (Å²) in [6, 6.07) is 12.8. The molecule has 0 amide bonds. The summed E-state index contributed by atoms with van der Waals surface area (Å²) in [6.45, 7) is 1.93. The van der Waals surface area contributed by atoms with Gasteiger partial charge in [-0.1, -0.05) is 17.7 Å². The summed E-state index contributed by atoms with van der Waals surface area (Å²) in [5.74, 6) is 1.90. The minimum absolute atomic E-state index is 0.540. The van der Waals surface area contributed by atoms with Crippen LogP contribution in [0.25, 0.3) is 0 Å². The Kier molecular flexibility index (Phi) is 3.63. The van der Waals surface area contributed by atoms with Crippen molar-refractivity contribution < 1.29 is 14.3 Å². The Morgan fingerprint density at radius 2 is 1.83 bits per heavy atom. The Bertz CT molecular complexity index is 561. The standard InChI is InChI=1S/C15H14O3/c1-11-6-7-15(12(8-11)10-16)18-14-5-3-4-13(9-14)17-2/h3-10H,1-2H3. The van der Waals surface area contributed by atoms with Crippen molar-refractivity contribution in [1.82, 2.24) is 0 Å². The van der Waals surface area contributed by atoms with Crippen molar-refractivity contribution in [3.8, 4) is 17.2 Å². The second-order valence-electron chi connectivity index (χ2n) is 3.94. The maximum atomic E-state index is 11.0. The maximum Gasteiger partial charge on any atom is 0.153 e. The van der Waals surface area contributed by atoms with Crippen molar-refractivity contribution in [2.75, 3.05) is 7.11 Å². The average molecular weight is 242 g/mol. The first-order valence-corrected chi connectivity index (χ1v) is 5.60. The lowest BCUT2D eigenvalue weighted by molar-refractivity contribution is 0.112. The highest BCUT2D eigenvalue weighted by atomic mass is 16.5. The van der Waals surface area contributed by atoms with Crippen LogP contribution in [0.2, 0.25) is 0 Å². The highest BCUT2D eigenvalue weighted by Gasteiger charge is 2.05. The summed E-state index contributed by atoms with van der Waals surface area (Å²) in [5.41, 5.74) is 1.56. The molecule has 3 nitrogen and oxygen atoms in total. The van der Waals surface area contributed by atoms with E-state index in [2.05, 4.69) is 0 Å². The summed E-state index contributed by atoms with van der Waals surface area (Å²) >= 11 is 0. The monoisotopic (exact) mass is 242 g/mol. The number of aldehydes is 1. The second-order valence-corrected chi connectivity index (χ2v) is 3.94. The lowest BCUT2D eigenvalue weighted by atomic mass is 10.1. The van der Waals surface area contributed by atoms with Gasteiger partial charge in [-0.25, -0.2) is 0 Å². The van der Waals surface area contributed by atoms with Gasteiger partial charge in [0.15, 0.2) is 6.29 Å². The first kappa shape index (κ1) is 12.2. The quantitative estimate of drug-likeness (QED) is 0.768. The SMILES string of the molecule is COc1cccc(Oc2ccc(C)cc2C=O)c1. The van der Waals surface area contributed by atoms with E-state index in [4.69, 9.17) is 9.47 Å². The van der Waals surface area contributed by atoms with Crippen molar-refractivity contribution in [2.45, 2.75) is 6.92 Å². The van der Waals surface area contributed by atoms with E-state index in [1.54, 1.807) is 25.3 Å². The first-order chi connectivity index (χ1) is 8.72. The van der Waals surface area contributed by atoms with Crippen LogP contribution in [0.15, 0.2) is 42.5 Å². The van der Waals surface area contributed by atoms with Gasteiger partial charge in [0.1, 0.15) is 17.2 Å². The van der Waals surface area contributed by atoms with Crippen LogP contribution in [-0.4, -0.2) is 13.4 Å². The van der Waals surface area contributed by atoms with Crippen molar-refractivity contribution >= 4 is 6.29 Å². The van der Waals surface area contributed by atoms with Crippen LogP contribution in [0.1, 0.15) is 15.9 Å². The molecule has 0 aliphatic heterocycles. The van der Waals surface area contributed by atoms with Crippen LogP contribution in [0.4, 0.5) is 0 Å². The molecular formula is C15H14O3. The van der Waals surface area contributed by atoms with Crippen molar-refractivity contribution in [3.63, 3.8) is 0 Å². The minimum Gasteiger partial charge on any atom is -0.497 e. The Morgan fingerprint density at radius 3 is 2.56 bits per heavy atom. The molecule has 0 aliphatic rings. The van der Waals surface area contributed by atoms with Gasteiger partial charge in [-0.2, -0.15) is 0 Å². The summed E-state index contributed by atoms with van der Waals surface area (Å²) in [4.78, 5) is 11.0. The van der Waals surface area contributed by atoms with Crippen LogP contribution < -0.4 is 9.47 Å². The third kappa shape index (κ3) is 2.69. The average Bonchev–Trinajstić information content (AvgIpc) is 2.41. The molecule has 0 bridgehead atoms. The Labute approximate surface area is 106 Å². The fourth-order valence-corrected chi connectivity index (χ4v) is 1.64. The van der Waals surface area contributed by atoms with E-state index in [1.807, 2.05) is 31.2 Å². The zero-order chi connectivity index (χ0) is 13.0. The van der Waals surface area contributed by atoms with Gasteiger partial charge in [0.25, 0.3) is 0 Å². The summed E-state index contributed by atoms with van der Waals surface area (Å²) in [7, 11) is 1.60. The fourth-order valence-electron chi connectivity index (χ4n) is 1.64. The summed E-state index contributed by atoms with van der Waals surface area (Å²) in [6.07, 6.45) is 0.794. The number of benzene rings is 2. The highest BCUT2D eigenvalue weighted by Crippen LogP contribution is 2.27. The molecule has 2 aromatic carbocycles. The van der Waals surface area contributed by atoms with Gasteiger partial charge in [-0.05, 0) is 31.2 Å². The van der Waals surface area contributed by atoms with Gasteiger partial charge in [0.2, 0.25) is 0 Å². The van der Waals surface area contributed by atoms with Gasteiger partial charge in [-0.3, -0.25) is 4.79 Å². The van der Waals surface area contributed by atoms with Gasteiger partial charge < -0.3 is 9.47 Å². The van der Waals surface area contributed by atoms with E-state index in [-0.39, 0.29) is 0 Å². The molecule has 92 valence electrons. The molecule has 0 atom stereocenters. The van der Waals surface area contributed by atoms with E-state index in [9.17, 15) is 4.79 Å². The Morgan fingerprint density at radius 1 is 1.06 bits per heavy atom. The molecule has 0 aromatic heterocycles. The summed E-state index contributed by atoms with van der Waals surface area (Å²) < 4.78 is 10.8. The predicted molar refractivity (Wildman–Crippen MR) is 69.6 cm³/mol. The van der Waals surface area contributed by atoms with Crippen LogP contribution >= 0.6 is 0 Å². The van der Waals surface area contributed by atoms with Crippen molar-refractivity contribution in [3.05, 3.63) is 53.6 Å². The molecule has 0 heterocycles. The van der Waals surface area contributed by atoms with E-state index in [1.165, 1.54) is 0 Å². The minimum atomic E-state index is 0.540. The van der Waals surface area contributed by atoms with Crippen LogP contribution in [0, 0.1) is 6.92 Å². The zero-order valence-corrected chi connectivity index (χ0v) is 10.3. The summed E-state index contributed by atoms with van der Waals surface area (Å²) in [5, 5.41) is 0. The number of hydrogen-bond acceptors (Lipinski definition) is 3. The van der Waals surface area contributed by atoms with Crippen LogP contribution in [0.5, 0.6) is 17.2 Å². The number of carbonyl (C=O) groups excluding carboxylic acids is 1. The molecule has 0 radical (unpaired) electrons. The van der Waals surface area contributed by atoms with E-state index >= 15 is 0 Å². The third-order valence-corrected chi connectivity index (χ3v) is 2.56. The van der Waals surface area contributed by atoms with Crippen LogP contribution in [-0.2, 0) is 0 Å². The molecule has 18 heavy (non-hydrogen) atoms. The molecule has 3 heteroatoms. The van der Waals surface area contributed by atoms with Crippen molar-refractivity contribution in [2.24, 2.45) is 0 Å². The smallest absolute Gasteiger partial charge is 0.153 e. The number of carbonyl (C=O) groups is 1. The first-order valence-electron chi connectivity index (χ1n) is 5.60. The molecule has 0 N–H and O–H groups in total. The number of methoxy groups -OCH3 is 1. The predicted octanol–water partition coefficient (Wildman–Crippen LogP) is 3.61. The molecule has 0 spiro atoms. The van der Waals surface area contributed by atoms with Gasteiger partial charge in [-0.15, -0.1) is 0 Å². The molecular weight excluding hydrogens is 228 g/mol. The van der Waals surface area contributed by atoms with E-state index < -0.39 is 0 Å². The van der Waals surface area contributed by atoms with Gasteiger partial charge >= 0.3 is 0 Å². The fraction of sp³-hybridized carbons (Fsp3) is 0.133. The Hall–Kier alpha value is -2.29. The number of ether oxygens (including phenoxy) is 2. The maximum absolute atomic E-state index is 11.0. The molecule has 0 unspecified atom stereocenters. The molecule has 0 fully saturated rings. The Balaban J connectivity index is 2.30. The van der Waals surface area contributed by atoms with Crippen LogP contribution in [0.3, 0.4) is 0 Å². The lowest BCUT2D eigenvalue weighted by Crippen LogP contribution is -1.92. The molecule has 0 saturated carbocycles.